The van der Waals surface area contributed by atoms with Crippen molar-refractivity contribution in [2.75, 3.05) is 5.43 Å². The van der Waals surface area contributed by atoms with E-state index in [2.05, 4.69) is 60.4 Å². The highest BCUT2D eigenvalue weighted by molar-refractivity contribution is 7.98. The van der Waals surface area contributed by atoms with Crippen LogP contribution in [0, 0.1) is 6.92 Å². The van der Waals surface area contributed by atoms with Gasteiger partial charge in [-0.15, -0.1) is 11.8 Å². The molecule has 0 saturated carbocycles. The molecule has 0 amide bonds. The lowest BCUT2D eigenvalue weighted by atomic mass is 10.1. The van der Waals surface area contributed by atoms with Gasteiger partial charge in [0.05, 0.1) is 5.75 Å². The molecule has 2 aromatic rings. The number of anilines is 1. The Bertz CT molecular complexity index is 584. The SMILES string of the molecule is Cc1cccc(SCc2nc(NN)cc(C(C)C)n2)c1. The zero-order valence-electron chi connectivity index (χ0n) is 12.1. The van der Waals surface area contributed by atoms with E-state index >= 15 is 0 Å². The fraction of sp³-hybridized carbons (Fsp3) is 0.333. The second-order valence-corrected chi connectivity index (χ2v) is 6.05. The van der Waals surface area contributed by atoms with E-state index in [0.29, 0.717) is 11.7 Å². The molecular weight excluding hydrogens is 268 g/mol. The van der Waals surface area contributed by atoms with Gasteiger partial charge in [0.2, 0.25) is 0 Å². The highest BCUT2D eigenvalue weighted by Gasteiger charge is 2.08. The van der Waals surface area contributed by atoms with Crippen LogP contribution >= 0.6 is 11.8 Å². The summed E-state index contributed by atoms with van der Waals surface area (Å²) in [6.45, 7) is 6.32. The van der Waals surface area contributed by atoms with Crippen LogP contribution in [0.25, 0.3) is 0 Å². The standard InChI is InChI=1S/C15H20N4S/c1-10(2)13-8-14(19-16)18-15(17-13)9-20-12-6-4-5-11(3)7-12/h4-8,10H,9,16H2,1-3H3,(H,17,18,19). The molecule has 0 aliphatic carbocycles. The third-order valence-electron chi connectivity index (χ3n) is 2.89. The summed E-state index contributed by atoms with van der Waals surface area (Å²) in [5.74, 6) is 8.03. The van der Waals surface area contributed by atoms with Crippen LogP contribution in [0.5, 0.6) is 0 Å². The smallest absolute Gasteiger partial charge is 0.143 e. The number of hydrogen-bond acceptors (Lipinski definition) is 5. The lowest BCUT2D eigenvalue weighted by molar-refractivity contribution is 0.800. The van der Waals surface area contributed by atoms with Crippen LogP contribution in [0.4, 0.5) is 5.82 Å². The van der Waals surface area contributed by atoms with E-state index in [1.165, 1.54) is 10.5 Å². The number of aromatic nitrogens is 2. The number of hydrazine groups is 1. The Morgan fingerprint density at radius 2 is 2.05 bits per heavy atom. The van der Waals surface area contributed by atoms with Crippen molar-refractivity contribution in [2.24, 2.45) is 5.84 Å². The number of aryl methyl sites for hydroxylation is 1. The number of rotatable bonds is 5. The Balaban J connectivity index is 2.14. The Morgan fingerprint density at radius 3 is 2.70 bits per heavy atom. The summed E-state index contributed by atoms with van der Waals surface area (Å²) in [6, 6.07) is 10.3. The second kappa shape index (κ2) is 6.72. The van der Waals surface area contributed by atoms with Gasteiger partial charge in [-0.05, 0) is 25.0 Å². The molecule has 106 valence electrons. The fourth-order valence-electron chi connectivity index (χ4n) is 1.80. The molecule has 0 atom stereocenters. The van der Waals surface area contributed by atoms with E-state index < -0.39 is 0 Å². The van der Waals surface area contributed by atoms with Crippen molar-refractivity contribution >= 4 is 17.6 Å². The first-order valence-electron chi connectivity index (χ1n) is 6.62. The van der Waals surface area contributed by atoms with Gasteiger partial charge in [-0.2, -0.15) is 0 Å². The summed E-state index contributed by atoms with van der Waals surface area (Å²) >= 11 is 1.73. The number of nitrogen functional groups attached to an aromatic ring is 1. The van der Waals surface area contributed by atoms with Gasteiger partial charge in [-0.3, -0.25) is 0 Å². The Morgan fingerprint density at radius 1 is 1.25 bits per heavy atom. The van der Waals surface area contributed by atoms with Crippen molar-refractivity contribution in [3.05, 3.63) is 47.4 Å². The minimum atomic E-state index is 0.354. The first kappa shape index (κ1) is 14.8. The van der Waals surface area contributed by atoms with E-state index in [0.717, 1.165) is 17.3 Å². The monoisotopic (exact) mass is 288 g/mol. The van der Waals surface area contributed by atoms with E-state index in [9.17, 15) is 0 Å². The molecule has 1 aromatic carbocycles. The maximum absolute atomic E-state index is 5.47. The van der Waals surface area contributed by atoms with Gasteiger partial charge in [-0.1, -0.05) is 31.5 Å². The molecule has 0 saturated heterocycles. The number of benzene rings is 1. The van der Waals surface area contributed by atoms with E-state index in [-0.39, 0.29) is 0 Å². The fourth-order valence-corrected chi connectivity index (χ4v) is 2.67. The van der Waals surface area contributed by atoms with Gasteiger partial charge < -0.3 is 5.43 Å². The quantitative estimate of drug-likeness (QED) is 0.501. The molecule has 1 aromatic heterocycles. The van der Waals surface area contributed by atoms with Crippen LogP contribution in [0.2, 0.25) is 0 Å². The van der Waals surface area contributed by atoms with Crippen molar-refractivity contribution in [3.63, 3.8) is 0 Å². The molecular formula is C15H20N4S. The molecule has 0 radical (unpaired) electrons. The van der Waals surface area contributed by atoms with Gasteiger partial charge >= 0.3 is 0 Å². The van der Waals surface area contributed by atoms with Crippen molar-refractivity contribution in [2.45, 2.75) is 37.3 Å². The van der Waals surface area contributed by atoms with Crippen LogP contribution in [0.3, 0.4) is 0 Å². The highest BCUT2D eigenvalue weighted by Crippen LogP contribution is 2.23. The van der Waals surface area contributed by atoms with Crippen molar-refractivity contribution in [3.8, 4) is 0 Å². The Hall–Kier alpha value is -1.59. The lowest BCUT2D eigenvalue weighted by Crippen LogP contribution is -2.11. The summed E-state index contributed by atoms with van der Waals surface area (Å²) < 4.78 is 0. The normalized spacial score (nSPS) is 10.8. The minimum absolute atomic E-state index is 0.354. The molecule has 0 aliphatic rings. The molecule has 0 unspecified atom stereocenters. The van der Waals surface area contributed by atoms with Crippen LogP contribution in [-0.4, -0.2) is 9.97 Å². The average molecular weight is 288 g/mol. The molecule has 5 heteroatoms. The topological polar surface area (TPSA) is 63.8 Å². The molecule has 4 nitrogen and oxygen atoms in total. The number of thioether (sulfide) groups is 1. The number of nitrogens with two attached hydrogens (primary N) is 1. The zero-order chi connectivity index (χ0) is 14.5. The molecule has 1 heterocycles. The second-order valence-electron chi connectivity index (χ2n) is 5.00. The van der Waals surface area contributed by atoms with Crippen LogP contribution < -0.4 is 11.3 Å². The Labute approximate surface area is 124 Å². The molecule has 20 heavy (non-hydrogen) atoms. The van der Waals surface area contributed by atoms with Gasteiger partial charge in [0.25, 0.3) is 0 Å². The number of nitrogens with zero attached hydrogens (tertiary/aromatic N) is 2. The van der Waals surface area contributed by atoms with Crippen molar-refractivity contribution in [1.82, 2.24) is 9.97 Å². The minimum Gasteiger partial charge on any atom is -0.308 e. The molecule has 0 fully saturated rings. The Kier molecular flexibility index (Phi) is 4.98. The van der Waals surface area contributed by atoms with Gasteiger partial charge in [0.1, 0.15) is 11.6 Å². The van der Waals surface area contributed by atoms with Crippen molar-refractivity contribution < 1.29 is 0 Å². The van der Waals surface area contributed by atoms with Gasteiger partial charge in [0.15, 0.2) is 0 Å². The van der Waals surface area contributed by atoms with Crippen LogP contribution in [-0.2, 0) is 5.75 Å². The van der Waals surface area contributed by atoms with Gasteiger partial charge in [-0.25, -0.2) is 15.8 Å². The van der Waals surface area contributed by atoms with Crippen LogP contribution in [0.1, 0.15) is 36.8 Å². The number of nitrogens with one attached hydrogen (secondary N) is 1. The van der Waals surface area contributed by atoms with Crippen molar-refractivity contribution in [1.29, 1.82) is 0 Å². The van der Waals surface area contributed by atoms with Gasteiger partial charge in [0, 0.05) is 16.7 Å². The third-order valence-corrected chi connectivity index (χ3v) is 3.88. The van der Waals surface area contributed by atoms with E-state index in [1.54, 1.807) is 11.8 Å². The maximum atomic E-state index is 5.47. The predicted octanol–water partition coefficient (Wildman–Crippen LogP) is 3.49. The maximum Gasteiger partial charge on any atom is 0.143 e. The first-order valence-corrected chi connectivity index (χ1v) is 7.61. The summed E-state index contributed by atoms with van der Waals surface area (Å²) in [5, 5.41) is 0. The largest absolute Gasteiger partial charge is 0.308 e. The third kappa shape index (κ3) is 3.95. The summed E-state index contributed by atoms with van der Waals surface area (Å²) in [7, 11) is 0. The molecule has 0 bridgehead atoms. The average Bonchev–Trinajstić information content (AvgIpc) is 2.45. The molecule has 0 spiro atoms. The first-order chi connectivity index (χ1) is 9.58. The summed E-state index contributed by atoms with van der Waals surface area (Å²) in [4.78, 5) is 10.2. The van der Waals surface area contributed by atoms with E-state index in [1.807, 2.05) is 6.07 Å². The predicted molar refractivity (Wildman–Crippen MR) is 84.7 cm³/mol. The zero-order valence-corrected chi connectivity index (χ0v) is 12.9. The summed E-state index contributed by atoms with van der Waals surface area (Å²) in [6.07, 6.45) is 0. The molecule has 0 aliphatic heterocycles. The molecule has 2 rings (SSSR count). The highest BCUT2D eigenvalue weighted by atomic mass is 32.2. The van der Waals surface area contributed by atoms with Crippen LogP contribution in [0.15, 0.2) is 35.2 Å². The number of hydrogen-bond donors (Lipinski definition) is 2. The summed E-state index contributed by atoms with van der Waals surface area (Å²) in [5.41, 5.74) is 4.88. The van der Waals surface area contributed by atoms with E-state index in [4.69, 9.17) is 5.84 Å². The lowest BCUT2D eigenvalue weighted by Gasteiger charge is -2.10. The molecule has 3 N–H and O–H groups in total.